The summed E-state index contributed by atoms with van der Waals surface area (Å²) in [4.78, 5) is 47.7. The molecular weight excluding hydrogens is 524 g/mol. The molecule has 3 aromatic carbocycles. The van der Waals surface area contributed by atoms with Crippen LogP contribution in [0.4, 0.5) is 0 Å². The Labute approximate surface area is 239 Å². The van der Waals surface area contributed by atoms with Gasteiger partial charge in [-0.05, 0) is 37.1 Å². The van der Waals surface area contributed by atoms with Gasteiger partial charge in [-0.15, -0.1) is 0 Å². The first-order valence-electron chi connectivity index (χ1n) is 13.4. The number of amides is 2. The van der Waals surface area contributed by atoms with Gasteiger partial charge >= 0.3 is 0 Å². The number of hydrogen-bond acceptors (Lipinski definition) is 4. The van der Waals surface area contributed by atoms with Crippen LogP contribution in [-0.2, 0) is 4.79 Å². The molecule has 5 rings (SSSR count). The highest BCUT2D eigenvalue weighted by atomic mass is 35.5. The number of aromatic amines is 1. The van der Waals surface area contributed by atoms with E-state index >= 15 is 0 Å². The van der Waals surface area contributed by atoms with Crippen molar-refractivity contribution < 1.29 is 14.4 Å². The Morgan fingerprint density at radius 3 is 2.05 bits per heavy atom. The number of rotatable bonds is 6. The second-order valence-corrected chi connectivity index (χ2v) is 11.1. The lowest BCUT2D eigenvalue weighted by Crippen LogP contribution is -2.58. The summed E-state index contributed by atoms with van der Waals surface area (Å²) >= 11 is 6.60. The third-order valence-electron chi connectivity index (χ3n) is 7.70. The molecule has 1 fully saturated rings. The number of aromatic nitrogens is 1. The summed E-state index contributed by atoms with van der Waals surface area (Å²) in [6.45, 7) is 5.39. The van der Waals surface area contributed by atoms with E-state index in [9.17, 15) is 14.4 Å². The Hall–Kier alpha value is -3.94. The molecule has 4 aromatic rings. The van der Waals surface area contributed by atoms with E-state index in [-0.39, 0.29) is 29.6 Å². The van der Waals surface area contributed by atoms with Gasteiger partial charge in [0.15, 0.2) is 0 Å². The van der Waals surface area contributed by atoms with E-state index < -0.39 is 11.7 Å². The van der Waals surface area contributed by atoms with Crippen molar-refractivity contribution in [2.24, 2.45) is 0 Å². The van der Waals surface area contributed by atoms with E-state index in [2.05, 4.69) is 72.3 Å². The quantitative estimate of drug-likeness (QED) is 0.254. The number of hydrogen-bond donors (Lipinski definition) is 1. The first-order chi connectivity index (χ1) is 19.2. The highest BCUT2D eigenvalue weighted by Crippen LogP contribution is 2.34. The van der Waals surface area contributed by atoms with Crippen LogP contribution in [-0.4, -0.2) is 76.5 Å². The SMILES string of the molecule is CC1CN(C(c2ccccc2)c2ccccc2)[C@@H](C)CN1C(=O)c1cc2c(C(=O)C(=O)N(C)C)c[nH]c2cc1Cl. The number of benzene rings is 3. The molecule has 7 nitrogen and oxygen atoms in total. The Morgan fingerprint density at radius 2 is 1.48 bits per heavy atom. The second kappa shape index (κ2) is 11.3. The van der Waals surface area contributed by atoms with Crippen molar-refractivity contribution in [1.29, 1.82) is 0 Å². The molecule has 1 aliphatic rings. The smallest absolute Gasteiger partial charge is 0.294 e. The summed E-state index contributed by atoms with van der Waals surface area (Å²) in [6.07, 6.45) is 1.50. The van der Waals surface area contributed by atoms with Crippen molar-refractivity contribution in [1.82, 2.24) is 19.7 Å². The van der Waals surface area contributed by atoms with Gasteiger partial charge in [-0.25, -0.2) is 0 Å². The van der Waals surface area contributed by atoms with E-state index in [0.717, 1.165) is 0 Å². The summed E-state index contributed by atoms with van der Waals surface area (Å²) in [6, 6.07) is 24.2. The molecule has 1 unspecified atom stereocenters. The predicted molar refractivity (Wildman–Crippen MR) is 158 cm³/mol. The molecule has 1 N–H and O–H groups in total. The third kappa shape index (κ3) is 5.15. The zero-order valence-corrected chi connectivity index (χ0v) is 23.9. The van der Waals surface area contributed by atoms with Crippen LogP contribution in [0.5, 0.6) is 0 Å². The maximum absolute atomic E-state index is 13.9. The van der Waals surface area contributed by atoms with E-state index in [1.54, 1.807) is 12.1 Å². The summed E-state index contributed by atoms with van der Waals surface area (Å²) in [5.74, 6) is -1.46. The summed E-state index contributed by atoms with van der Waals surface area (Å²) < 4.78 is 0. The normalized spacial score (nSPS) is 17.8. The van der Waals surface area contributed by atoms with Gasteiger partial charge in [0.25, 0.3) is 17.6 Å². The average molecular weight is 557 g/mol. The molecule has 40 heavy (non-hydrogen) atoms. The molecule has 0 radical (unpaired) electrons. The Morgan fingerprint density at radius 1 is 0.875 bits per heavy atom. The molecule has 0 bridgehead atoms. The lowest BCUT2D eigenvalue weighted by molar-refractivity contribution is -0.124. The number of H-pyrrole nitrogens is 1. The lowest BCUT2D eigenvalue weighted by atomic mass is 9.93. The van der Waals surface area contributed by atoms with Crippen LogP contribution in [0.1, 0.15) is 51.7 Å². The van der Waals surface area contributed by atoms with Crippen LogP contribution in [0.2, 0.25) is 5.02 Å². The van der Waals surface area contributed by atoms with E-state index in [1.807, 2.05) is 17.0 Å². The number of nitrogens with one attached hydrogen (secondary N) is 1. The number of nitrogens with zero attached hydrogens (tertiary/aromatic N) is 3. The van der Waals surface area contributed by atoms with Gasteiger partial charge in [-0.3, -0.25) is 19.3 Å². The molecular formula is C32H33ClN4O3. The molecule has 0 saturated carbocycles. The number of Topliss-reactive ketones (excluding diaryl/α,β-unsaturated/α-hetero) is 1. The zero-order chi connectivity index (χ0) is 28.6. The third-order valence-corrected chi connectivity index (χ3v) is 8.01. The molecule has 8 heteroatoms. The van der Waals surface area contributed by atoms with Crippen molar-refractivity contribution in [3.05, 3.63) is 106 Å². The van der Waals surface area contributed by atoms with Gasteiger partial charge in [0.05, 0.1) is 22.2 Å². The van der Waals surface area contributed by atoms with Crippen molar-refractivity contribution in [2.75, 3.05) is 27.2 Å². The van der Waals surface area contributed by atoms with Crippen LogP contribution < -0.4 is 0 Å². The fourth-order valence-electron chi connectivity index (χ4n) is 5.61. The van der Waals surface area contributed by atoms with Crippen molar-refractivity contribution >= 4 is 40.1 Å². The average Bonchev–Trinajstić information content (AvgIpc) is 3.36. The van der Waals surface area contributed by atoms with Gasteiger partial charge in [-0.2, -0.15) is 0 Å². The molecule has 0 aliphatic carbocycles. The second-order valence-electron chi connectivity index (χ2n) is 10.7. The summed E-state index contributed by atoms with van der Waals surface area (Å²) in [5, 5.41) is 0.798. The highest BCUT2D eigenvalue weighted by molar-refractivity contribution is 6.45. The molecule has 1 aliphatic heterocycles. The standard InChI is InChI=1S/C32H33ClN4O3/c1-20-19-37(21(2)18-36(20)29(22-11-7-5-8-12-22)23-13-9-6-10-14-23)31(39)25-15-24-26(30(38)32(40)35(3)4)17-34-28(24)16-27(25)33/h5-17,20-21,29,34H,18-19H2,1-4H3/t20-,21?/m0/s1. The van der Waals surface area contributed by atoms with Gasteiger partial charge in [-0.1, -0.05) is 72.3 Å². The maximum Gasteiger partial charge on any atom is 0.294 e. The minimum atomic E-state index is -0.638. The van der Waals surface area contributed by atoms with E-state index in [4.69, 9.17) is 11.6 Å². The maximum atomic E-state index is 13.9. The van der Waals surface area contributed by atoms with Crippen LogP contribution >= 0.6 is 11.6 Å². The molecule has 2 heterocycles. The number of likely N-dealkylation sites (N-methyl/N-ethyl adjacent to an activating group) is 1. The Balaban J connectivity index is 1.44. The topological polar surface area (TPSA) is 76.7 Å². The van der Waals surface area contributed by atoms with Crippen molar-refractivity contribution in [3.8, 4) is 0 Å². The van der Waals surface area contributed by atoms with Crippen molar-refractivity contribution in [2.45, 2.75) is 32.0 Å². The molecule has 2 atom stereocenters. The first kappa shape index (κ1) is 27.6. The Kier molecular flexibility index (Phi) is 7.79. The summed E-state index contributed by atoms with van der Waals surface area (Å²) in [7, 11) is 3.06. The zero-order valence-electron chi connectivity index (χ0n) is 23.1. The summed E-state index contributed by atoms with van der Waals surface area (Å²) in [5.41, 5.74) is 3.54. The first-order valence-corrected chi connectivity index (χ1v) is 13.8. The van der Waals surface area contributed by atoms with Gasteiger partial charge < -0.3 is 14.8 Å². The number of fused-ring (bicyclic) bond motifs is 1. The van der Waals surface area contributed by atoms with E-state index in [0.29, 0.717) is 34.6 Å². The monoisotopic (exact) mass is 556 g/mol. The molecule has 206 valence electrons. The highest BCUT2D eigenvalue weighted by Gasteiger charge is 2.37. The minimum absolute atomic E-state index is 0.0553. The molecule has 2 amide bonds. The van der Waals surface area contributed by atoms with Gasteiger partial charge in [0.1, 0.15) is 0 Å². The number of piperazine rings is 1. The molecule has 1 saturated heterocycles. The predicted octanol–water partition coefficient (Wildman–Crippen LogP) is 5.42. The molecule has 0 spiro atoms. The lowest BCUT2D eigenvalue weighted by Gasteiger charge is -2.47. The van der Waals surface area contributed by atoms with Crippen LogP contribution in [0.25, 0.3) is 10.9 Å². The van der Waals surface area contributed by atoms with Crippen LogP contribution in [0.3, 0.4) is 0 Å². The fraction of sp³-hybridized carbons (Fsp3) is 0.281. The van der Waals surface area contributed by atoms with Crippen LogP contribution in [0.15, 0.2) is 79.0 Å². The van der Waals surface area contributed by atoms with Crippen molar-refractivity contribution in [3.63, 3.8) is 0 Å². The number of halogens is 1. The van der Waals surface area contributed by atoms with Gasteiger partial charge in [0.2, 0.25) is 0 Å². The number of carbonyl (C=O) groups excluding carboxylic acids is 3. The van der Waals surface area contributed by atoms with E-state index in [1.165, 1.54) is 36.3 Å². The molecule has 1 aromatic heterocycles. The largest absolute Gasteiger partial charge is 0.360 e. The fourth-order valence-corrected chi connectivity index (χ4v) is 5.85. The number of ketones is 1. The number of carbonyl (C=O) groups is 3. The van der Waals surface area contributed by atoms with Crippen LogP contribution in [0, 0.1) is 0 Å². The van der Waals surface area contributed by atoms with Gasteiger partial charge in [0, 0.05) is 56.4 Å². The Bertz CT molecular complexity index is 1510. The minimum Gasteiger partial charge on any atom is -0.360 e.